The van der Waals surface area contributed by atoms with Crippen LogP contribution in [-0.4, -0.2) is 90.0 Å². The monoisotopic (exact) mass is 453 g/mol. The molecule has 0 radical (unpaired) electrons. The van der Waals surface area contributed by atoms with Crippen LogP contribution in [0.15, 0.2) is 5.38 Å². The normalized spacial score (nSPS) is 23.7. The molecule has 1 spiro atoms. The van der Waals surface area contributed by atoms with Gasteiger partial charge in [-0.25, -0.2) is 9.78 Å². The zero-order chi connectivity index (χ0) is 22.5. The number of aliphatic carboxylic acids is 1. The first-order valence-corrected chi connectivity index (χ1v) is 10.2. The van der Waals surface area contributed by atoms with Crippen LogP contribution in [0.3, 0.4) is 0 Å². The number of thiazole rings is 1. The molecule has 12 heteroatoms. The second-order valence-electron chi connectivity index (χ2n) is 7.60. The SMILES string of the molecule is Cc1nc(CO[C@H]2CO[C@@]3(CCN(C(=O)CN(C)C)C3)C2)cs1.O=C(O)C(F)(F)F. The zero-order valence-electron chi connectivity index (χ0n) is 17.1. The summed E-state index contributed by atoms with van der Waals surface area (Å²) in [4.78, 5) is 29.3. The van der Waals surface area contributed by atoms with Gasteiger partial charge in [-0.15, -0.1) is 11.3 Å². The maximum atomic E-state index is 12.2. The summed E-state index contributed by atoms with van der Waals surface area (Å²) < 4.78 is 43.7. The van der Waals surface area contributed by atoms with E-state index in [9.17, 15) is 18.0 Å². The fraction of sp³-hybridized carbons (Fsp3) is 0.722. The van der Waals surface area contributed by atoms with Gasteiger partial charge in [0.2, 0.25) is 5.91 Å². The van der Waals surface area contributed by atoms with Crippen molar-refractivity contribution in [2.75, 3.05) is 40.3 Å². The lowest BCUT2D eigenvalue weighted by molar-refractivity contribution is -0.192. The molecule has 1 amide bonds. The summed E-state index contributed by atoms with van der Waals surface area (Å²) in [7, 11) is 3.83. The zero-order valence-corrected chi connectivity index (χ0v) is 17.9. The van der Waals surface area contributed by atoms with E-state index in [1.807, 2.05) is 36.2 Å². The Kier molecular flexibility index (Phi) is 8.20. The highest BCUT2D eigenvalue weighted by Crippen LogP contribution is 2.36. The van der Waals surface area contributed by atoms with Gasteiger partial charge in [0.15, 0.2) is 0 Å². The molecule has 2 aliphatic rings. The summed E-state index contributed by atoms with van der Waals surface area (Å²) in [6, 6.07) is 0. The van der Waals surface area contributed by atoms with Crippen LogP contribution in [0.25, 0.3) is 0 Å². The first-order chi connectivity index (χ1) is 13.9. The highest BCUT2D eigenvalue weighted by Gasteiger charge is 2.47. The van der Waals surface area contributed by atoms with Crippen molar-refractivity contribution in [3.63, 3.8) is 0 Å². The summed E-state index contributed by atoms with van der Waals surface area (Å²) in [6.45, 7) is 5.08. The summed E-state index contributed by atoms with van der Waals surface area (Å²) in [6.07, 6.45) is -3.22. The maximum absolute atomic E-state index is 12.2. The maximum Gasteiger partial charge on any atom is 0.490 e. The highest BCUT2D eigenvalue weighted by atomic mass is 32.1. The minimum atomic E-state index is -5.08. The fourth-order valence-corrected chi connectivity index (χ4v) is 3.90. The van der Waals surface area contributed by atoms with E-state index in [0.717, 1.165) is 30.1 Å². The molecule has 170 valence electrons. The number of amides is 1. The number of likely N-dealkylation sites (tertiary alicyclic amines) is 1. The summed E-state index contributed by atoms with van der Waals surface area (Å²) in [5, 5.41) is 10.2. The van der Waals surface area contributed by atoms with Crippen molar-refractivity contribution in [2.24, 2.45) is 0 Å². The number of aryl methyl sites for hydroxylation is 1. The molecule has 3 heterocycles. The van der Waals surface area contributed by atoms with Crippen molar-refractivity contribution in [3.05, 3.63) is 16.1 Å². The number of nitrogens with zero attached hydrogens (tertiary/aromatic N) is 3. The van der Waals surface area contributed by atoms with Gasteiger partial charge in [-0.05, 0) is 27.4 Å². The van der Waals surface area contributed by atoms with Crippen molar-refractivity contribution in [1.82, 2.24) is 14.8 Å². The number of carboxylic acid groups (broad SMARTS) is 1. The number of aromatic nitrogens is 1. The lowest BCUT2D eigenvalue weighted by atomic mass is 9.98. The molecular formula is C18H26F3N3O5S. The van der Waals surface area contributed by atoms with Gasteiger partial charge >= 0.3 is 12.1 Å². The van der Waals surface area contributed by atoms with Crippen molar-refractivity contribution in [3.8, 4) is 0 Å². The molecule has 3 rings (SSSR count). The van der Waals surface area contributed by atoms with Gasteiger partial charge in [-0.3, -0.25) is 4.79 Å². The van der Waals surface area contributed by atoms with Gasteiger partial charge in [-0.2, -0.15) is 13.2 Å². The first kappa shape index (κ1) is 24.5. The molecule has 1 N–H and O–H groups in total. The van der Waals surface area contributed by atoms with E-state index in [1.54, 1.807) is 11.3 Å². The summed E-state index contributed by atoms with van der Waals surface area (Å²) in [5.74, 6) is -2.58. The summed E-state index contributed by atoms with van der Waals surface area (Å²) >= 11 is 1.64. The van der Waals surface area contributed by atoms with Crippen LogP contribution >= 0.6 is 11.3 Å². The fourth-order valence-electron chi connectivity index (χ4n) is 3.30. The number of rotatable bonds is 5. The van der Waals surface area contributed by atoms with E-state index >= 15 is 0 Å². The molecule has 2 aliphatic heterocycles. The Bertz CT molecular complexity index is 743. The molecule has 0 bridgehead atoms. The molecule has 2 saturated heterocycles. The Labute approximate surface area is 176 Å². The van der Waals surface area contributed by atoms with Gasteiger partial charge in [0.25, 0.3) is 0 Å². The van der Waals surface area contributed by atoms with E-state index < -0.39 is 12.1 Å². The molecule has 0 aliphatic carbocycles. The number of hydrogen-bond donors (Lipinski definition) is 1. The minimum absolute atomic E-state index is 0.0981. The van der Waals surface area contributed by atoms with E-state index in [-0.39, 0.29) is 17.6 Å². The van der Waals surface area contributed by atoms with Gasteiger partial charge in [0, 0.05) is 24.9 Å². The van der Waals surface area contributed by atoms with E-state index in [1.165, 1.54) is 0 Å². The van der Waals surface area contributed by atoms with Gasteiger partial charge in [0.05, 0.1) is 42.2 Å². The van der Waals surface area contributed by atoms with Crippen LogP contribution in [0.4, 0.5) is 13.2 Å². The van der Waals surface area contributed by atoms with Gasteiger partial charge < -0.3 is 24.4 Å². The lowest BCUT2D eigenvalue weighted by Gasteiger charge is -2.24. The molecule has 8 nitrogen and oxygen atoms in total. The van der Waals surface area contributed by atoms with Crippen LogP contribution < -0.4 is 0 Å². The van der Waals surface area contributed by atoms with Crippen molar-refractivity contribution >= 4 is 23.2 Å². The Balaban J connectivity index is 0.000000396. The van der Waals surface area contributed by atoms with E-state index in [2.05, 4.69) is 4.98 Å². The lowest BCUT2D eigenvalue weighted by Crippen LogP contribution is -2.39. The minimum Gasteiger partial charge on any atom is -0.475 e. The number of likely N-dealkylation sites (N-methyl/N-ethyl adjacent to an activating group) is 1. The van der Waals surface area contributed by atoms with Gasteiger partial charge in [0.1, 0.15) is 0 Å². The number of halogens is 3. The predicted molar refractivity (Wildman–Crippen MR) is 102 cm³/mol. The second-order valence-corrected chi connectivity index (χ2v) is 8.66. The molecule has 0 unspecified atom stereocenters. The third-order valence-electron chi connectivity index (χ3n) is 4.67. The third-order valence-corrected chi connectivity index (χ3v) is 5.49. The predicted octanol–water partition coefficient (Wildman–Crippen LogP) is 1.92. The molecule has 0 aromatic carbocycles. The van der Waals surface area contributed by atoms with E-state index in [0.29, 0.717) is 26.3 Å². The second kappa shape index (κ2) is 10.0. The van der Waals surface area contributed by atoms with Crippen LogP contribution in [0.2, 0.25) is 0 Å². The molecule has 1 aromatic heterocycles. The Morgan fingerprint density at radius 2 is 2.13 bits per heavy atom. The number of carbonyl (C=O) groups is 2. The van der Waals surface area contributed by atoms with Crippen molar-refractivity contribution < 1.29 is 37.3 Å². The van der Waals surface area contributed by atoms with Crippen LogP contribution in [0, 0.1) is 6.92 Å². The molecule has 2 atom stereocenters. The number of carbonyl (C=O) groups excluding carboxylic acids is 1. The average Bonchev–Trinajstić information content (AvgIpc) is 3.34. The largest absolute Gasteiger partial charge is 0.490 e. The Morgan fingerprint density at radius 1 is 1.47 bits per heavy atom. The molecule has 2 fully saturated rings. The number of carboxylic acids is 1. The standard InChI is InChI=1S/C16H25N3O3S.C2HF3O2/c1-12-17-13(10-23-12)8-21-14-6-16(22-9-14)4-5-19(11-16)15(20)7-18(2)3;3-2(4,5)1(6)7/h10,14H,4-9,11H2,1-3H3;(H,6,7)/t14-,16+;/m1./s1. The molecule has 30 heavy (non-hydrogen) atoms. The third kappa shape index (κ3) is 7.18. The van der Waals surface area contributed by atoms with Gasteiger partial charge in [-0.1, -0.05) is 0 Å². The Morgan fingerprint density at radius 3 is 2.67 bits per heavy atom. The number of hydrogen-bond acceptors (Lipinski definition) is 7. The van der Waals surface area contributed by atoms with Crippen LogP contribution in [0.1, 0.15) is 23.5 Å². The Hall–Kier alpha value is -1.76. The number of ether oxygens (including phenoxy) is 2. The highest BCUT2D eigenvalue weighted by molar-refractivity contribution is 7.09. The molecule has 1 aromatic rings. The van der Waals surface area contributed by atoms with E-state index in [4.69, 9.17) is 19.4 Å². The van der Waals surface area contributed by atoms with Crippen LogP contribution in [0.5, 0.6) is 0 Å². The van der Waals surface area contributed by atoms with Crippen molar-refractivity contribution in [2.45, 2.75) is 44.3 Å². The smallest absolute Gasteiger partial charge is 0.475 e. The van der Waals surface area contributed by atoms with Crippen molar-refractivity contribution in [1.29, 1.82) is 0 Å². The summed E-state index contributed by atoms with van der Waals surface area (Å²) in [5.41, 5.74) is 0.785. The quantitative estimate of drug-likeness (QED) is 0.728. The topological polar surface area (TPSA) is 92.2 Å². The first-order valence-electron chi connectivity index (χ1n) is 9.29. The molecule has 0 saturated carbocycles. The number of alkyl halides is 3. The average molecular weight is 453 g/mol. The molecular weight excluding hydrogens is 427 g/mol. The van der Waals surface area contributed by atoms with Crippen LogP contribution in [-0.2, 0) is 25.7 Å².